The van der Waals surface area contributed by atoms with Gasteiger partial charge in [0.05, 0.1) is 51.2 Å². The number of hydrogen-bond acceptors (Lipinski definition) is 21. The highest BCUT2D eigenvalue weighted by Crippen LogP contribution is 2.20. The monoisotopic (exact) mass is 1500 g/mol. The van der Waals surface area contributed by atoms with Gasteiger partial charge in [0.25, 0.3) is 0 Å². The molecule has 0 aliphatic heterocycles. The van der Waals surface area contributed by atoms with Gasteiger partial charge in [-0.2, -0.15) is 0 Å². The van der Waals surface area contributed by atoms with Gasteiger partial charge in [0.15, 0.2) is 23.6 Å². The Morgan fingerprint density at radius 1 is 0.390 bits per heavy atom. The number of aliphatic hydroxyl groups excluding tert-OH is 3. The lowest BCUT2D eigenvalue weighted by Crippen LogP contribution is -2.44. The molecule has 0 aromatic heterocycles. The van der Waals surface area contributed by atoms with E-state index < -0.39 is 60.8 Å². The molecule has 612 valence electrons. The van der Waals surface area contributed by atoms with Gasteiger partial charge in [-0.1, -0.05) is 174 Å². The van der Waals surface area contributed by atoms with Crippen molar-refractivity contribution in [3.63, 3.8) is 0 Å². The predicted octanol–water partition coefficient (Wildman–Crippen LogP) is 6.59. The molecule has 0 saturated heterocycles. The van der Waals surface area contributed by atoms with Crippen LogP contribution in [0.25, 0.3) is 0 Å². The highest BCUT2D eigenvalue weighted by molar-refractivity contribution is 5.93. The highest BCUT2D eigenvalue weighted by Gasteiger charge is 2.29. The average molecular weight is 1500 g/mol. The van der Waals surface area contributed by atoms with Gasteiger partial charge in [0.1, 0.15) is 32.5 Å². The highest BCUT2D eigenvalue weighted by atomic mass is 16.5. The van der Waals surface area contributed by atoms with E-state index in [1.165, 1.54) is 109 Å². The third-order valence-electron chi connectivity index (χ3n) is 17.8. The molecule has 105 heavy (non-hydrogen) atoms. The zero-order chi connectivity index (χ0) is 78.4. The Labute approximate surface area is 626 Å². The van der Waals surface area contributed by atoms with Gasteiger partial charge in [-0.25, -0.2) is 4.79 Å². The Bertz CT molecular complexity index is 2280. The Morgan fingerprint density at radius 3 is 1.15 bits per heavy atom. The van der Waals surface area contributed by atoms with E-state index in [2.05, 4.69) is 38.8 Å². The van der Waals surface area contributed by atoms with Crippen LogP contribution >= 0.6 is 0 Å². The first-order chi connectivity index (χ1) is 50.4. The van der Waals surface area contributed by atoms with Gasteiger partial charge in [-0.05, 0) is 71.6 Å². The number of unbranched alkanes of at least 4 members (excludes halogenated alkanes) is 27. The topological polar surface area (TPSA) is 470 Å². The number of nitrogens with two attached hydrogens (primary N) is 2. The SMILES string of the molecule is CC(C)(N)C(=O)C[C@@H](CCCCNC(=O)COCCOCCNC(=O)COCCOCCNC(=O)CC[C@H](NC(=O)CCCCCCCCCCCCCCCCC(=O)O)C(O)O)C(=O)CO.CCCCCCCCCCCCCCCC(=O)NC(CCC(=O)NCCCC[C@H](CN)C(=O)CO)C(=O)O. The maximum Gasteiger partial charge on any atom is 0.326 e. The summed E-state index contributed by atoms with van der Waals surface area (Å²) < 4.78 is 21.4. The summed E-state index contributed by atoms with van der Waals surface area (Å²) in [6, 6.07) is -2.04. The average Bonchev–Trinajstić information content (AvgIpc) is 0.890. The Kier molecular flexibility index (Phi) is 68.9. The summed E-state index contributed by atoms with van der Waals surface area (Å²) in [4.78, 5) is 131. The molecule has 1 unspecified atom stereocenters. The molecule has 6 amide bonds. The van der Waals surface area contributed by atoms with Crippen LogP contribution in [0.4, 0.5) is 0 Å². The Hall–Kier alpha value is -5.63. The lowest BCUT2D eigenvalue weighted by Gasteiger charge is -2.21. The largest absolute Gasteiger partial charge is 0.481 e. The van der Waals surface area contributed by atoms with Crippen molar-refractivity contribution >= 4 is 64.7 Å². The number of carboxylic acid groups (broad SMARTS) is 2. The summed E-state index contributed by atoms with van der Waals surface area (Å²) in [5.41, 5.74) is 10.3. The first-order valence-corrected chi connectivity index (χ1v) is 39.5. The molecule has 29 heteroatoms. The number of carbonyl (C=O) groups is 11. The number of ketones is 3. The van der Waals surface area contributed by atoms with Crippen molar-refractivity contribution in [2.45, 2.75) is 308 Å². The van der Waals surface area contributed by atoms with Crippen molar-refractivity contribution in [1.29, 1.82) is 0 Å². The van der Waals surface area contributed by atoms with Crippen LogP contribution < -0.4 is 43.4 Å². The molecule has 0 bridgehead atoms. The van der Waals surface area contributed by atoms with Crippen molar-refractivity contribution < 1.29 is 102 Å². The van der Waals surface area contributed by atoms with Crippen LogP contribution in [0, 0.1) is 11.8 Å². The predicted molar refractivity (Wildman–Crippen MR) is 401 cm³/mol. The smallest absolute Gasteiger partial charge is 0.326 e. The molecule has 0 aromatic carbocycles. The molecule has 0 spiro atoms. The lowest BCUT2D eigenvalue weighted by atomic mass is 9.86. The number of rotatable bonds is 75. The molecule has 0 aliphatic carbocycles. The van der Waals surface area contributed by atoms with Gasteiger partial charge in [0.2, 0.25) is 35.4 Å². The number of aliphatic carboxylic acids is 2. The third-order valence-corrected chi connectivity index (χ3v) is 17.8. The fraction of sp³-hybridized carbons (Fsp3) is 0.855. The summed E-state index contributed by atoms with van der Waals surface area (Å²) in [5, 5.41) is 71.6. The third kappa shape index (κ3) is 67.5. The van der Waals surface area contributed by atoms with Crippen LogP contribution in [0.5, 0.6) is 0 Å². The van der Waals surface area contributed by atoms with Crippen LogP contribution in [-0.2, 0) is 71.7 Å². The summed E-state index contributed by atoms with van der Waals surface area (Å²) in [5.74, 6) is -5.56. The first-order valence-electron chi connectivity index (χ1n) is 39.5. The van der Waals surface area contributed by atoms with E-state index in [0.717, 1.165) is 57.8 Å². The van der Waals surface area contributed by atoms with Crippen molar-refractivity contribution in [3.8, 4) is 0 Å². The fourth-order valence-corrected chi connectivity index (χ4v) is 11.2. The van der Waals surface area contributed by atoms with E-state index in [4.69, 9.17) is 40.6 Å². The molecule has 0 heterocycles. The summed E-state index contributed by atoms with van der Waals surface area (Å²) >= 11 is 0. The summed E-state index contributed by atoms with van der Waals surface area (Å²) in [6.45, 7) is 6.50. The van der Waals surface area contributed by atoms with Crippen molar-refractivity contribution in [1.82, 2.24) is 31.9 Å². The normalized spacial score (nSPS) is 12.5. The number of aliphatic hydroxyl groups is 4. The standard InChI is InChI=1S/C47H87N5O15.C29H55N3O6/c1-47(2,48)40(55)33-37(39(54)34-53)19-17-18-24-49-43(58)35-66-31-30-65-28-26-51-44(59)36-67-32-29-64-27-25-50-41(56)23-22-38(46(62)63)52-42(57)20-15-13-11-9-7-5-3-4-6-8-10-12-14-16-21-45(60)61;1-2-3-4-5-6-7-8-9-10-11-12-13-14-18-28(36)32-25(29(37)38)19-20-27(35)31-21-16-15-17-24(22-30)26(34)23-33/h37-38,46,53,62-63H,3-36,48H2,1-2H3,(H,49,58)(H,50,56)(H,51,59)(H,52,57)(H,60,61);24-25,33H,2-23,30H2,1H3,(H,31,35)(H,32,36)(H,37,38)/t37-,38+;24-,25?/m11/s1. The van der Waals surface area contributed by atoms with Crippen LogP contribution in [0.3, 0.4) is 0 Å². The minimum atomic E-state index is -1.79. The van der Waals surface area contributed by atoms with Crippen LogP contribution in [-0.4, -0.2) is 218 Å². The zero-order valence-corrected chi connectivity index (χ0v) is 64.4. The number of ether oxygens (including phenoxy) is 4. The number of carbonyl (C=O) groups excluding carboxylic acids is 9. The molecular formula is C76H142N8O21. The number of nitrogens with one attached hydrogen (secondary N) is 6. The quantitative estimate of drug-likeness (QED) is 0.0225. The molecular weight excluding hydrogens is 1360 g/mol. The van der Waals surface area contributed by atoms with E-state index in [1.807, 2.05) is 0 Å². The molecule has 0 saturated carbocycles. The van der Waals surface area contributed by atoms with Gasteiger partial charge in [0, 0.05) is 83.1 Å². The van der Waals surface area contributed by atoms with Crippen LogP contribution in [0.15, 0.2) is 0 Å². The maximum absolute atomic E-state index is 12.4. The molecule has 0 aromatic rings. The molecule has 29 nitrogen and oxygen atoms in total. The Balaban J connectivity index is 0. The second kappa shape index (κ2) is 71.3. The number of Topliss-reactive ketones (excluding diaryl/α,β-unsaturated/α-hetero) is 3. The molecule has 0 fully saturated rings. The Morgan fingerprint density at radius 2 is 0.752 bits per heavy atom. The molecule has 0 rings (SSSR count). The van der Waals surface area contributed by atoms with Gasteiger partial charge < -0.3 is 93.0 Å². The second-order valence-electron chi connectivity index (χ2n) is 27.9. The molecule has 0 radical (unpaired) electrons. The lowest BCUT2D eigenvalue weighted by molar-refractivity contribution is -0.142. The van der Waals surface area contributed by atoms with E-state index in [9.17, 15) is 73.2 Å². The van der Waals surface area contributed by atoms with E-state index in [0.29, 0.717) is 64.5 Å². The zero-order valence-electron chi connectivity index (χ0n) is 64.4. The van der Waals surface area contributed by atoms with E-state index in [-0.39, 0.29) is 170 Å². The maximum atomic E-state index is 12.4. The van der Waals surface area contributed by atoms with Gasteiger partial charge in [-0.3, -0.25) is 47.9 Å². The minimum Gasteiger partial charge on any atom is -0.481 e. The number of hydrogen-bond donors (Lipinski definition) is 14. The van der Waals surface area contributed by atoms with Crippen LogP contribution in [0.2, 0.25) is 0 Å². The molecule has 16 N–H and O–H groups in total. The molecule has 4 atom stereocenters. The molecule has 0 aliphatic rings. The van der Waals surface area contributed by atoms with Crippen molar-refractivity contribution in [2.24, 2.45) is 23.3 Å². The van der Waals surface area contributed by atoms with Crippen LogP contribution in [0.1, 0.15) is 284 Å². The van der Waals surface area contributed by atoms with E-state index >= 15 is 0 Å². The number of amides is 6. The van der Waals surface area contributed by atoms with E-state index in [1.54, 1.807) is 13.8 Å². The van der Waals surface area contributed by atoms with Crippen molar-refractivity contribution in [2.75, 3.05) is 98.8 Å². The van der Waals surface area contributed by atoms with Gasteiger partial charge >= 0.3 is 11.9 Å². The summed E-state index contributed by atoms with van der Waals surface area (Å²) in [7, 11) is 0. The van der Waals surface area contributed by atoms with Gasteiger partial charge in [-0.15, -0.1) is 0 Å². The minimum absolute atomic E-state index is 0.00437. The fourth-order valence-electron chi connectivity index (χ4n) is 11.2. The van der Waals surface area contributed by atoms with Crippen molar-refractivity contribution in [3.05, 3.63) is 0 Å². The number of carboxylic acids is 2. The summed E-state index contributed by atoms with van der Waals surface area (Å²) in [6.07, 6.45) is 33.5. The first kappa shape index (κ1) is 101. The second-order valence-corrected chi connectivity index (χ2v) is 27.9.